The number of hydrogen-bond donors (Lipinski definition) is 1. The third-order valence-electron chi connectivity index (χ3n) is 4.51. The van der Waals surface area contributed by atoms with Crippen LogP contribution in [-0.2, 0) is 32.0 Å². The van der Waals surface area contributed by atoms with Gasteiger partial charge in [0.05, 0.1) is 24.8 Å². The van der Waals surface area contributed by atoms with E-state index in [1.54, 1.807) is 18.3 Å². The second-order valence-corrected chi connectivity index (χ2v) is 6.36. The third kappa shape index (κ3) is 3.22. The van der Waals surface area contributed by atoms with E-state index < -0.39 is 11.2 Å². The topological polar surface area (TPSA) is 130 Å². The summed E-state index contributed by atoms with van der Waals surface area (Å²) in [4.78, 5) is 49.5. The van der Waals surface area contributed by atoms with E-state index in [0.29, 0.717) is 17.1 Å². The summed E-state index contributed by atoms with van der Waals surface area (Å²) in [7, 11) is 2.90. The third-order valence-corrected chi connectivity index (χ3v) is 4.51. The average Bonchev–Trinajstić information content (AvgIpc) is 3.40. The van der Waals surface area contributed by atoms with Crippen molar-refractivity contribution in [1.82, 2.24) is 34.0 Å². The summed E-state index contributed by atoms with van der Waals surface area (Å²) in [6, 6.07) is 3.50. The maximum atomic E-state index is 12.5. The molecule has 4 aromatic heterocycles. The molecular formula is C18H17N7O4. The molecule has 0 radical (unpaired) electrons. The summed E-state index contributed by atoms with van der Waals surface area (Å²) in [5, 5.41) is 2.76. The summed E-state index contributed by atoms with van der Waals surface area (Å²) < 4.78 is 9.01. The predicted octanol–water partition coefficient (Wildman–Crippen LogP) is -0.200. The van der Waals surface area contributed by atoms with Gasteiger partial charge in [-0.25, -0.2) is 14.8 Å². The lowest BCUT2D eigenvalue weighted by Crippen LogP contribution is -2.38. The SMILES string of the molecule is Cn1c(=O)c2c(ncn2CC(=O)NCc2nccnc2-c2ccco2)n(C)c1=O. The fraction of sp³-hybridized carbons (Fsp3) is 0.222. The van der Waals surface area contributed by atoms with Gasteiger partial charge >= 0.3 is 5.69 Å². The van der Waals surface area contributed by atoms with Crippen molar-refractivity contribution in [2.24, 2.45) is 14.1 Å². The molecule has 0 fully saturated rings. The number of nitrogens with zero attached hydrogens (tertiary/aromatic N) is 6. The number of carbonyl (C=O) groups is 1. The first-order valence-electron chi connectivity index (χ1n) is 8.68. The maximum Gasteiger partial charge on any atom is 0.332 e. The van der Waals surface area contributed by atoms with Crippen LogP contribution >= 0.6 is 0 Å². The van der Waals surface area contributed by atoms with E-state index in [4.69, 9.17) is 4.42 Å². The molecule has 0 aliphatic heterocycles. The molecule has 0 aliphatic rings. The largest absolute Gasteiger partial charge is 0.463 e. The Morgan fingerprint density at radius 3 is 2.69 bits per heavy atom. The lowest BCUT2D eigenvalue weighted by molar-refractivity contribution is -0.121. The molecule has 4 rings (SSSR count). The molecule has 29 heavy (non-hydrogen) atoms. The molecule has 0 spiro atoms. The van der Waals surface area contributed by atoms with Crippen LogP contribution in [0.5, 0.6) is 0 Å². The van der Waals surface area contributed by atoms with Crippen molar-refractivity contribution in [3.63, 3.8) is 0 Å². The van der Waals surface area contributed by atoms with Crippen LogP contribution in [0.2, 0.25) is 0 Å². The minimum Gasteiger partial charge on any atom is -0.463 e. The summed E-state index contributed by atoms with van der Waals surface area (Å²) in [5.41, 5.74) is 0.493. The Morgan fingerprint density at radius 1 is 1.14 bits per heavy atom. The molecule has 0 aromatic carbocycles. The minimum atomic E-state index is -0.512. The molecule has 4 aromatic rings. The van der Waals surface area contributed by atoms with Gasteiger partial charge in [0.2, 0.25) is 5.91 Å². The molecule has 1 N–H and O–H groups in total. The van der Waals surface area contributed by atoms with Crippen molar-refractivity contribution in [2.75, 3.05) is 0 Å². The molecule has 1 amide bonds. The second kappa shape index (κ2) is 7.19. The van der Waals surface area contributed by atoms with Crippen molar-refractivity contribution in [2.45, 2.75) is 13.1 Å². The molecular weight excluding hydrogens is 378 g/mol. The molecule has 11 nitrogen and oxygen atoms in total. The molecule has 11 heteroatoms. The minimum absolute atomic E-state index is 0.131. The van der Waals surface area contributed by atoms with Crippen molar-refractivity contribution in [1.29, 1.82) is 0 Å². The Labute approximate surface area is 163 Å². The molecule has 4 heterocycles. The van der Waals surface area contributed by atoms with Crippen molar-refractivity contribution in [3.8, 4) is 11.5 Å². The molecule has 148 valence electrons. The highest BCUT2D eigenvalue weighted by atomic mass is 16.3. The van der Waals surface area contributed by atoms with Crippen molar-refractivity contribution < 1.29 is 9.21 Å². The number of carbonyl (C=O) groups excluding carboxylic acids is 1. The Kier molecular flexibility index (Phi) is 4.55. The van der Waals surface area contributed by atoms with Crippen LogP contribution in [0.3, 0.4) is 0 Å². The summed E-state index contributed by atoms with van der Waals surface area (Å²) in [5.74, 6) is 0.198. The number of imidazole rings is 1. The van der Waals surface area contributed by atoms with E-state index >= 15 is 0 Å². The Hall–Kier alpha value is -4.02. The Morgan fingerprint density at radius 2 is 1.93 bits per heavy atom. The van der Waals surface area contributed by atoms with Gasteiger partial charge in [-0.15, -0.1) is 0 Å². The molecule has 0 saturated heterocycles. The Balaban J connectivity index is 1.55. The first-order chi connectivity index (χ1) is 14.0. The Bertz CT molecular complexity index is 1310. The lowest BCUT2D eigenvalue weighted by atomic mass is 10.2. The van der Waals surface area contributed by atoms with Crippen LogP contribution in [0.1, 0.15) is 5.69 Å². The van der Waals surface area contributed by atoms with Crippen molar-refractivity contribution in [3.05, 3.63) is 63.6 Å². The number of aryl methyl sites for hydroxylation is 1. The quantitative estimate of drug-likeness (QED) is 0.495. The summed E-state index contributed by atoms with van der Waals surface area (Å²) in [6.45, 7) is -0.00781. The van der Waals surface area contributed by atoms with E-state index in [1.165, 1.54) is 42.0 Å². The van der Waals surface area contributed by atoms with Gasteiger partial charge in [0.15, 0.2) is 16.9 Å². The van der Waals surface area contributed by atoms with Gasteiger partial charge in [0.1, 0.15) is 12.2 Å². The summed E-state index contributed by atoms with van der Waals surface area (Å²) >= 11 is 0. The van der Waals surface area contributed by atoms with Gasteiger partial charge in [0.25, 0.3) is 5.56 Å². The van der Waals surface area contributed by atoms with Crippen LogP contribution < -0.4 is 16.6 Å². The molecule has 0 unspecified atom stereocenters. The van der Waals surface area contributed by atoms with E-state index in [-0.39, 0.29) is 30.2 Å². The standard InChI is InChI=1S/C18H17N7O4/c1-23-16-15(17(27)24(2)18(23)28)25(10-22-16)9-13(26)21-8-11-14(20-6-5-19-11)12-4-3-7-29-12/h3-7,10H,8-9H2,1-2H3,(H,21,26). The monoisotopic (exact) mass is 395 g/mol. The van der Waals surface area contributed by atoms with Crippen molar-refractivity contribution >= 4 is 17.1 Å². The van der Waals surface area contributed by atoms with Crippen LogP contribution in [0.25, 0.3) is 22.6 Å². The molecule has 0 atom stereocenters. The number of hydrogen-bond acceptors (Lipinski definition) is 7. The van der Waals surface area contributed by atoms with E-state index in [1.807, 2.05) is 0 Å². The van der Waals surface area contributed by atoms with E-state index in [2.05, 4.69) is 20.3 Å². The molecule has 0 saturated carbocycles. The highest BCUT2D eigenvalue weighted by Gasteiger charge is 2.16. The normalized spacial score (nSPS) is 11.1. The van der Waals surface area contributed by atoms with Gasteiger partial charge in [-0.1, -0.05) is 0 Å². The highest BCUT2D eigenvalue weighted by molar-refractivity contribution is 5.79. The predicted molar refractivity (Wildman–Crippen MR) is 102 cm³/mol. The number of aromatic nitrogens is 6. The molecule has 0 bridgehead atoms. The van der Waals surface area contributed by atoms with Gasteiger partial charge in [-0.2, -0.15) is 0 Å². The second-order valence-electron chi connectivity index (χ2n) is 6.36. The lowest BCUT2D eigenvalue weighted by Gasteiger charge is -2.09. The number of fused-ring (bicyclic) bond motifs is 1. The van der Waals surface area contributed by atoms with E-state index in [9.17, 15) is 14.4 Å². The van der Waals surface area contributed by atoms with Crippen LogP contribution in [0, 0.1) is 0 Å². The fourth-order valence-electron chi connectivity index (χ4n) is 3.03. The smallest absolute Gasteiger partial charge is 0.332 e. The maximum absolute atomic E-state index is 12.5. The molecule has 0 aliphatic carbocycles. The first kappa shape index (κ1) is 18.3. The van der Waals surface area contributed by atoms with Crippen LogP contribution in [0.4, 0.5) is 0 Å². The van der Waals surface area contributed by atoms with Crippen LogP contribution in [-0.4, -0.2) is 34.6 Å². The fourth-order valence-corrected chi connectivity index (χ4v) is 3.03. The number of rotatable bonds is 5. The first-order valence-corrected chi connectivity index (χ1v) is 8.68. The number of furan rings is 1. The number of nitrogens with one attached hydrogen (secondary N) is 1. The summed E-state index contributed by atoms with van der Waals surface area (Å²) in [6.07, 6.45) is 5.97. The zero-order valence-corrected chi connectivity index (χ0v) is 15.7. The average molecular weight is 395 g/mol. The van der Waals surface area contributed by atoms with E-state index in [0.717, 1.165) is 4.57 Å². The van der Waals surface area contributed by atoms with Gasteiger partial charge in [0, 0.05) is 26.5 Å². The number of amides is 1. The van der Waals surface area contributed by atoms with Gasteiger partial charge < -0.3 is 14.3 Å². The zero-order chi connectivity index (χ0) is 20.5. The zero-order valence-electron chi connectivity index (χ0n) is 15.7. The highest BCUT2D eigenvalue weighted by Crippen LogP contribution is 2.19. The van der Waals surface area contributed by atoms with Gasteiger partial charge in [-0.05, 0) is 12.1 Å². The van der Waals surface area contributed by atoms with Crippen LogP contribution in [0.15, 0.2) is 51.1 Å². The van der Waals surface area contributed by atoms with Gasteiger partial charge in [-0.3, -0.25) is 23.7 Å².